The van der Waals surface area contributed by atoms with E-state index in [2.05, 4.69) is 17.6 Å². The summed E-state index contributed by atoms with van der Waals surface area (Å²) in [5.74, 6) is -0.836. The fourth-order valence-electron chi connectivity index (χ4n) is 4.66. The van der Waals surface area contributed by atoms with E-state index in [1.54, 1.807) is 103 Å². The number of nitrogens with one attached hydrogen (secondary N) is 2. The van der Waals surface area contributed by atoms with Gasteiger partial charge < -0.3 is 15.4 Å². The Balaban J connectivity index is 1.24. The lowest BCUT2D eigenvalue weighted by Crippen LogP contribution is -2.31. The van der Waals surface area contributed by atoms with E-state index >= 15 is 0 Å². The van der Waals surface area contributed by atoms with Gasteiger partial charge in [-0.3, -0.25) is 19.2 Å². The van der Waals surface area contributed by atoms with Gasteiger partial charge in [0.25, 0.3) is 11.8 Å². The summed E-state index contributed by atoms with van der Waals surface area (Å²) >= 11 is 7.61. The minimum Gasteiger partial charge on any atom is -0.494 e. The quantitative estimate of drug-likeness (QED) is 0.0941. The molecular formula is C36H32ClN3O5S. The van der Waals surface area contributed by atoms with Crippen molar-refractivity contribution in [2.75, 3.05) is 16.8 Å². The van der Waals surface area contributed by atoms with Gasteiger partial charge in [-0.1, -0.05) is 61.3 Å². The highest BCUT2D eigenvalue weighted by molar-refractivity contribution is 8.00. The molecule has 0 aliphatic carbocycles. The summed E-state index contributed by atoms with van der Waals surface area (Å²) in [5.41, 5.74) is 1.96. The number of benzene rings is 4. The van der Waals surface area contributed by atoms with Gasteiger partial charge in [-0.15, -0.1) is 11.8 Å². The van der Waals surface area contributed by atoms with Gasteiger partial charge in [0.1, 0.15) is 11.4 Å². The van der Waals surface area contributed by atoms with Gasteiger partial charge in [-0.2, -0.15) is 0 Å². The Morgan fingerprint density at radius 3 is 2.33 bits per heavy atom. The van der Waals surface area contributed by atoms with Crippen LogP contribution in [0, 0.1) is 0 Å². The van der Waals surface area contributed by atoms with Gasteiger partial charge in [-0.05, 0) is 84.8 Å². The Kier molecular flexibility index (Phi) is 10.9. The topological polar surface area (TPSA) is 105 Å². The predicted molar refractivity (Wildman–Crippen MR) is 182 cm³/mol. The van der Waals surface area contributed by atoms with Crippen LogP contribution in [0.25, 0.3) is 6.08 Å². The molecule has 234 valence electrons. The van der Waals surface area contributed by atoms with Crippen LogP contribution in [0.2, 0.25) is 5.02 Å². The Bertz CT molecular complexity index is 1740. The molecule has 10 heteroatoms. The number of halogens is 1. The highest BCUT2D eigenvalue weighted by Crippen LogP contribution is 2.35. The molecule has 46 heavy (non-hydrogen) atoms. The summed E-state index contributed by atoms with van der Waals surface area (Å²) in [6.45, 7) is 2.70. The summed E-state index contributed by atoms with van der Waals surface area (Å²) in [7, 11) is 0. The third-order valence-electron chi connectivity index (χ3n) is 7.09. The molecule has 1 saturated heterocycles. The minimum atomic E-state index is -0.577. The molecule has 0 spiro atoms. The Labute approximate surface area is 276 Å². The van der Waals surface area contributed by atoms with Crippen LogP contribution in [0.5, 0.6) is 5.75 Å². The third-order valence-corrected chi connectivity index (χ3v) is 8.63. The number of carbonyl (C=O) groups excluding carboxylic acids is 4. The van der Waals surface area contributed by atoms with Gasteiger partial charge in [0, 0.05) is 27.6 Å². The molecule has 1 fully saturated rings. The van der Waals surface area contributed by atoms with Crippen molar-refractivity contribution in [3.05, 3.63) is 125 Å². The first kappa shape index (κ1) is 32.5. The number of nitrogens with zero attached hydrogens (tertiary/aromatic N) is 1. The van der Waals surface area contributed by atoms with E-state index in [1.165, 1.54) is 22.7 Å². The molecule has 5 rings (SSSR count). The molecule has 1 aliphatic heterocycles. The second-order valence-corrected chi connectivity index (χ2v) is 12.1. The first-order valence-electron chi connectivity index (χ1n) is 14.8. The van der Waals surface area contributed by atoms with Crippen molar-refractivity contribution in [3.63, 3.8) is 0 Å². The Morgan fingerprint density at radius 2 is 1.63 bits per heavy atom. The van der Waals surface area contributed by atoms with Crippen molar-refractivity contribution in [1.82, 2.24) is 5.32 Å². The zero-order chi connectivity index (χ0) is 32.5. The molecule has 0 radical (unpaired) electrons. The molecule has 1 unspecified atom stereocenters. The molecule has 8 nitrogen and oxygen atoms in total. The number of amides is 4. The maximum absolute atomic E-state index is 13.4. The molecule has 2 N–H and O–H groups in total. The van der Waals surface area contributed by atoms with E-state index in [0.717, 1.165) is 17.7 Å². The molecule has 0 bridgehead atoms. The molecule has 4 aromatic rings. The molecule has 1 aliphatic rings. The van der Waals surface area contributed by atoms with E-state index < -0.39 is 17.1 Å². The highest BCUT2D eigenvalue weighted by atomic mass is 35.5. The van der Waals surface area contributed by atoms with Gasteiger partial charge in [-0.25, -0.2) is 4.90 Å². The van der Waals surface area contributed by atoms with Crippen LogP contribution < -0.4 is 20.3 Å². The zero-order valence-electron chi connectivity index (χ0n) is 25.1. The molecular weight excluding hydrogens is 622 g/mol. The SMILES string of the molecule is CCCCOc1ccc(N2C(=O)CC(Sc3ccc(NC(=O)/C(=C/c4ccccc4Cl)NC(=O)c4ccccc4)cc3)C2=O)cc1. The number of unbranched alkanes of at least 4 members (excludes halogenated alkanes) is 1. The second-order valence-electron chi connectivity index (χ2n) is 10.5. The maximum Gasteiger partial charge on any atom is 0.272 e. The Hall–Kier alpha value is -4.86. The van der Waals surface area contributed by atoms with Crippen LogP contribution >= 0.6 is 23.4 Å². The number of thioether (sulfide) groups is 1. The van der Waals surface area contributed by atoms with Crippen LogP contribution in [0.1, 0.15) is 42.1 Å². The molecule has 1 heterocycles. The number of rotatable bonds is 12. The number of imide groups is 1. The minimum absolute atomic E-state index is 0.0103. The zero-order valence-corrected chi connectivity index (χ0v) is 26.6. The van der Waals surface area contributed by atoms with Gasteiger partial charge >= 0.3 is 0 Å². The maximum atomic E-state index is 13.4. The number of hydrogen-bond donors (Lipinski definition) is 2. The van der Waals surface area contributed by atoms with Crippen LogP contribution in [0.3, 0.4) is 0 Å². The lowest BCUT2D eigenvalue weighted by Gasteiger charge is -2.16. The van der Waals surface area contributed by atoms with Crippen molar-refractivity contribution in [2.45, 2.75) is 36.3 Å². The first-order valence-corrected chi connectivity index (χ1v) is 16.1. The predicted octanol–water partition coefficient (Wildman–Crippen LogP) is 7.35. The average molecular weight is 654 g/mol. The number of ether oxygens (including phenoxy) is 1. The van der Waals surface area contributed by atoms with Crippen LogP contribution in [-0.2, 0) is 14.4 Å². The van der Waals surface area contributed by atoms with Crippen molar-refractivity contribution in [1.29, 1.82) is 0 Å². The molecule has 4 amide bonds. The summed E-state index contributed by atoms with van der Waals surface area (Å²) in [4.78, 5) is 54.3. The summed E-state index contributed by atoms with van der Waals surface area (Å²) in [6, 6.07) is 29.5. The van der Waals surface area contributed by atoms with Gasteiger partial charge in [0.05, 0.1) is 17.5 Å². The van der Waals surface area contributed by atoms with Crippen LogP contribution in [-0.4, -0.2) is 35.5 Å². The van der Waals surface area contributed by atoms with Gasteiger partial charge in [0.15, 0.2) is 0 Å². The van der Waals surface area contributed by atoms with Crippen LogP contribution in [0.4, 0.5) is 11.4 Å². The van der Waals surface area contributed by atoms with E-state index in [1.807, 2.05) is 0 Å². The number of hydrogen-bond acceptors (Lipinski definition) is 6. The molecule has 0 saturated carbocycles. The van der Waals surface area contributed by atoms with E-state index in [9.17, 15) is 19.2 Å². The monoisotopic (exact) mass is 653 g/mol. The Morgan fingerprint density at radius 1 is 0.935 bits per heavy atom. The van der Waals surface area contributed by atoms with Crippen LogP contribution in [0.15, 0.2) is 114 Å². The normalized spacial score (nSPS) is 14.7. The number of anilines is 2. The van der Waals surface area contributed by atoms with E-state index in [4.69, 9.17) is 16.3 Å². The fourth-order valence-corrected chi connectivity index (χ4v) is 5.91. The standard InChI is InChI=1S/C36H32ClN3O5S/c1-2-3-21-45-28-17-15-27(16-18-28)40-33(41)23-32(36(40)44)46-29-19-13-26(14-20-29)38-35(43)31(22-25-11-7-8-12-30(25)37)39-34(42)24-9-5-4-6-10-24/h4-20,22,32H,2-3,21,23H2,1H3,(H,38,43)(H,39,42)/b31-22-. The molecule has 4 aromatic carbocycles. The molecule has 0 aromatic heterocycles. The summed E-state index contributed by atoms with van der Waals surface area (Å²) in [6.07, 6.45) is 3.58. The van der Waals surface area contributed by atoms with E-state index in [-0.39, 0.29) is 23.9 Å². The van der Waals surface area contributed by atoms with Gasteiger partial charge in [0.2, 0.25) is 11.8 Å². The van der Waals surface area contributed by atoms with Crippen molar-refractivity contribution in [3.8, 4) is 5.75 Å². The van der Waals surface area contributed by atoms with Crippen molar-refractivity contribution in [2.24, 2.45) is 0 Å². The lowest BCUT2D eigenvalue weighted by atomic mass is 10.1. The lowest BCUT2D eigenvalue weighted by molar-refractivity contribution is -0.121. The molecule has 1 atom stereocenters. The average Bonchev–Trinajstić information content (AvgIpc) is 3.35. The number of carbonyl (C=O) groups is 4. The van der Waals surface area contributed by atoms with Crippen molar-refractivity contribution >= 4 is 64.4 Å². The second kappa shape index (κ2) is 15.4. The first-order chi connectivity index (χ1) is 22.3. The largest absolute Gasteiger partial charge is 0.494 e. The third kappa shape index (κ3) is 8.24. The smallest absolute Gasteiger partial charge is 0.272 e. The fraction of sp³-hybridized carbons (Fsp3) is 0.167. The summed E-state index contributed by atoms with van der Waals surface area (Å²) in [5, 5.41) is 5.36. The summed E-state index contributed by atoms with van der Waals surface area (Å²) < 4.78 is 5.69. The van der Waals surface area contributed by atoms with E-state index in [0.29, 0.717) is 39.9 Å². The highest BCUT2D eigenvalue weighted by Gasteiger charge is 2.40. The van der Waals surface area contributed by atoms with Crippen molar-refractivity contribution < 1.29 is 23.9 Å².